The number of carboxylic acid groups (broad SMARTS) is 1. The third-order valence-electron chi connectivity index (χ3n) is 2.83. The van der Waals surface area contributed by atoms with Crippen molar-refractivity contribution in [3.63, 3.8) is 0 Å². The van der Waals surface area contributed by atoms with E-state index in [1.807, 2.05) is 19.1 Å². The molecule has 2 N–H and O–H groups in total. The van der Waals surface area contributed by atoms with E-state index in [9.17, 15) is 9.59 Å². The first-order valence-corrected chi connectivity index (χ1v) is 5.98. The van der Waals surface area contributed by atoms with Crippen molar-refractivity contribution in [2.75, 3.05) is 6.54 Å². The van der Waals surface area contributed by atoms with Crippen molar-refractivity contribution >= 4 is 11.9 Å². The van der Waals surface area contributed by atoms with Gasteiger partial charge in [0.25, 0.3) is 0 Å². The third-order valence-corrected chi connectivity index (χ3v) is 2.83. The van der Waals surface area contributed by atoms with Gasteiger partial charge in [0, 0.05) is 0 Å². The Morgan fingerprint density at radius 3 is 2.56 bits per heavy atom. The topological polar surface area (TPSA) is 66.4 Å². The summed E-state index contributed by atoms with van der Waals surface area (Å²) in [6.07, 6.45) is 0.222. The molecule has 0 unspecified atom stereocenters. The molecule has 0 radical (unpaired) electrons. The smallest absolute Gasteiger partial charge is 0.322 e. The normalized spacial score (nSPS) is 10.4. The largest absolute Gasteiger partial charge is 0.480 e. The van der Waals surface area contributed by atoms with Gasteiger partial charge < -0.3 is 10.4 Å². The highest BCUT2D eigenvalue weighted by molar-refractivity contribution is 5.83. The molecule has 1 amide bonds. The second-order valence-electron chi connectivity index (χ2n) is 4.69. The zero-order chi connectivity index (χ0) is 13.7. The number of carboxylic acids is 1. The zero-order valence-corrected chi connectivity index (χ0v) is 11.0. The summed E-state index contributed by atoms with van der Waals surface area (Å²) in [5.74, 6) is -0.885. The Bertz CT molecular complexity index is 452. The van der Waals surface area contributed by atoms with Gasteiger partial charge in [-0.05, 0) is 29.5 Å². The maximum Gasteiger partial charge on any atom is 0.322 e. The van der Waals surface area contributed by atoms with E-state index in [0.717, 1.165) is 11.1 Å². The van der Waals surface area contributed by atoms with Crippen LogP contribution in [0.4, 0.5) is 0 Å². The molecule has 1 rings (SSSR count). The fourth-order valence-corrected chi connectivity index (χ4v) is 1.65. The van der Waals surface area contributed by atoms with E-state index in [4.69, 9.17) is 5.11 Å². The van der Waals surface area contributed by atoms with E-state index < -0.39 is 5.97 Å². The van der Waals surface area contributed by atoms with Crippen LogP contribution in [0.25, 0.3) is 0 Å². The van der Waals surface area contributed by atoms with Crippen molar-refractivity contribution < 1.29 is 14.7 Å². The van der Waals surface area contributed by atoms with Crippen LogP contribution in [-0.2, 0) is 16.0 Å². The van der Waals surface area contributed by atoms with E-state index in [0.29, 0.717) is 5.92 Å². The van der Waals surface area contributed by atoms with Crippen LogP contribution in [0.3, 0.4) is 0 Å². The van der Waals surface area contributed by atoms with Crippen molar-refractivity contribution in [3.8, 4) is 0 Å². The van der Waals surface area contributed by atoms with Crippen molar-refractivity contribution in [2.45, 2.75) is 33.1 Å². The summed E-state index contributed by atoms with van der Waals surface area (Å²) in [4.78, 5) is 21.9. The van der Waals surface area contributed by atoms with E-state index in [2.05, 4.69) is 25.2 Å². The maximum atomic E-state index is 11.6. The lowest BCUT2D eigenvalue weighted by molar-refractivity contribution is -0.137. The average molecular weight is 249 g/mol. The Morgan fingerprint density at radius 1 is 1.33 bits per heavy atom. The molecule has 0 bridgehead atoms. The first-order chi connectivity index (χ1) is 8.40. The number of carbonyl (C=O) groups excluding carboxylic acids is 1. The molecule has 0 spiro atoms. The molecule has 4 nitrogen and oxygen atoms in total. The lowest BCUT2D eigenvalue weighted by atomic mass is 9.96. The summed E-state index contributed by atoms with van der Waals surface area (Å²) in [7, 11) is 0. The van der Waals surface area contributed by atoms with E-state index in [-0.39, 0.29) is 18.9 Å². The number of carbonyl (C=O) groups is 2. The number of rotatable bonds is 5. The molecule has 0 atom stereocenters. The molecule has 0 saturated carbocycles. The van der Waals surface area contributed by atoms with Crippen molar-refractivity contribution in [3.05, 3.63) is 34.9 Å². The molecule has 0 aromatic heterocycles. The minimum absolute atomic E-state index is 0.222. The maximum absolute atomic E-state index is 11.6. The van der Waals surface area contributed by atoms with E-state index in [1.54, 1.807) is 0 Å². The van der Waals surface area contributed by atoms with Gasteiger partial charge in [0.05, 0.1) is 6.42 Å². The molecule has 98 valence electrons. The van der Waals surface area contributed by atoms with Crippen LogP contribution in [0.15, 0.2) is 18.2 Å². The lowest BCUT2D eigenvalue weighted by Gasteiger charge is -2.11. The molecule has 1 aromatic rings. The molecule has 0 aliphatic carbocycles. The van der Waals surface area contributed by atoms with Crippen molar-refractivity contribution in [1.29, 1.82) is 0 Å². The molecule has 0 saturated heterocycles. The number of amides is 1. The number of benzene rings is 1. The van der Waals surface area contributed by atoms with Crippen LogP contribution in [0.1, 0.15) is 36.5 Å². The summed E-state index contributed by atoms with van der Waals surface area (Å²) in [6.45, 7) is 5.81. The summed E-state index contributed by atoms with van der Waals surface area (Å²) < 4.78 is 0. The molecule has 0 aliphatic heterocycles. The van der Waals surface area contributed by atoms with Gasteiger partial charge in [0.15, 0.2) is 0 Å². The molecule has 0 heterocycles. The van der Waals surface area contributed by atoms with Gasteiger partial charge >= 0.3 is 5.97 Å². The van der Waals surface area contributed by atoms with Crippen LogP contribution in [-0.4, -0.2) is 23.5 Å². The Balaban J connectivity index is 2.74. The quantitative estimate of drug-likeness (QED) is 0.837. The monoisotopic (exact) mass is 249 g/mol. The van der Waals surface area contributed by atoms with Crippen LogP contribution >= 0.6 is 0 Å². The molecular formula is C14H19NO3. The SMILES string of the molecule is Cc1ccc(C(C)C)cc1CC(=O)NCC(=O)O. The number of nitrogens with one attached hydrogen (secondary N) is 1. The molecule has 0 fully saturated rings. The average Bonchev–Trinajstić information content (AvgIpc) is 2.29. The highest BCUT2D eigenvalue weighted by Crippen LogP contribution is 2.18. The Hall–Kier alpha value is -1.84. The van der Waals surface area contributed by atoms with Gasteiger partial charge in [-0.15, -0.1) is 0 Å². The molecule has 18 heavy (non-hydrogen) atoms. The van der Waals surface area contributed by atoms with Crippen LogP contribution in [0, 0.1) is 6.92 Å². The Labute approximate surface area is 107 Å². The van der Waals surface area contributed by atoms with E-state index >= 15 is 0 Å². The molecule has 1 aromatic carbocycles. The minimum atomic E-state index is -1.03. The molecular weight excluding hydrogens is 230 g/mol. The summed E-state index contributed by atoms with van der Waals surface area (Å²) >= 11 is 0. The second-order valence-corrected chi connectivity index (χ2v) is 4.69. The minimum Gasteiger partial charge on any atom is -0.480 e. The van der Waals surface area contributed by atoms with Gasteiger partial charge in [-0.25, -0.2) is 0 Å². The lowest BCUT2D eigenvalue weighted by Crippen LogP contribution is -2.30. The van der Waals surface area contributed by atoms with Gasteiger partial charge in [-0.2, -0.15) is 0 Å². The van der Waals surface area contributed by atoms with Crippen molar-refractivity contribution in [2.24, 2.45) is 0 Å². The summed E-state index contributed by atoms with van der Waals surface area (Å²) in [6, 6.07) is 6.06. The summed E-state index contributed by atoms with van der Waals surface area (Å²) in [5, 5.41) is 10.9. The fraction of sp³-hybridized carbons (Fsp3) is 0.429. The van der Waals surface area contributed by atoms with Gasteiger partial charge in [-0.1, -0.05) is 32.0 Å². The predicted molar refractivity (Wildman–Crippen MR) is 69.6 cm³/mol. The number of aliphatic carboxylic acids is 1. The van der Waals surface area contributed by atoms with Gasteiger partial charge in [0.2, 0.25) is 5.91 Å². The predicted octanol–water partition coefficient (Wildman–Crippen LogP) is 1.86. The zero-order valence-electron chi connectivity index (χ0n) is 11.0. The Morgan fingerprint density at radius 2 is 2.00 bits per heavy atom. The Kier molecular flexibility index (Phi) is 4.89. The highest BCUT2D eigenvalue weighted by atomic mass is 16.4. The van der Waals surface area contributed by atoms with E-state index in [1.165, 1.54) is 5.56 Å². The molecule has 0 aliphatic rings. The summed E-state index contributed by atoms with van der Waals surface area (Å²) in [5.41, 5.74) is 3.18. The second kappa shape index (κ2) is 6.19. The van der Waals surface area contributed by atoms with Crippen LogP contribution in [0.5, 0.6) is 0 Å². The van der Waals surface area contributed by atoms with Gasteiger partial charge in [-0.3, -0.25) is 9.59 Å². The van der Waals surface area contributed by atoms with Crippen molar-refractivity contribution in [1.82, 2.24) is 5.32 Å². The number of aryl methyl sites for hydroxylation is 1. The number of hydrogen-bond acceptors (Lipinski definition) is 2. The standard InChI is InChI=1S/C14H19NO3/c1-9(2)11-5-4-10(3)12(6-11)7-13(16)15-8-14(17)18/h4-6,9H,7-8H2,1-3H3,(H,15,16)(H,17,18). The molecule has 4 heteroatoms. The fourth-order valence-electron chi connectivity index (χ4n) is 1.65. The van der Waals surface area contributed by atoms with Crippen LogP contribution in [0.2, 0.25) is 0 Å². The van der Waals surface area contributed by atoms with Gasteiger partial charge in [0.1, 0.15) is 6.54 Å². The first-order valence-electron chi connectivity index (χ1n) is 5.98. The third kappa shape index (κ3) is 4.20. The number of hydrogen-bond donors (Lipinski definition) is 2. The first kappa shape index (κ1) is 14.2. The highest BCUT2D eigenvalue weighted by Gasteiger charge is 2.09. The van der Waals surface area contributed by atoms with Crippen LogP contribution < -0.4 is 5.32 Å².